The summed E-state index contributed by atoms with van der Waals surface area (Å²) < 4.78 is 4.67. The molecule has 1 fully saturated rings. The molecule has 27 heavy (non-hydrogen) atoms. The highest BCUT2D eigenvalue weighted by atomic mass is 35.5. The molecule has 2 atom stereocenters. The zero-order chi connectivity index (χ0) is 19.6. The van der Waals surface area contributed by atoms with Crippen molar-refractivity contribution in [3.63, 3.8) is 0 Å². The fraction of sp³-hybridized carbons (Fsp3) is 0.250. The molecule has 1 aliphatic rings. The number of carbonyl (C=O) groups excluding carboxylic acids is 3. The maximum Gasteiger partial charge on any atom is 0.337 e. The number of halogens is 1. The second-order valence-corrected chi connectivity index (χ2v) is 6.82. The first-order valence-electron chi connectivity index (χ1n) is 8.46. The number of rotatable bonds is 5. The van der Waals surface area contributed by atoms with Crippen LogP contribution in [0.1, 0.15) is 22.3 Å². The van der Waals surface area contributed by atoms with Crippen molar-refractivity contribution in [2.45, 2.75) is 13.3 Å². The smallest absolute Gasteiger partial charge is 0.337 e. The van der Waals surface area contributed by atoms with E-state index in [1.165, 1.54) is 13.2 Å². The van der Waals surface area contributed by atoms with Crippen LogP contribution < -0.4 is 10.6 Å². The summed E-state index contributed by atoms with van der Waals surface area (Å²) in [6.07, 6.45) is 0.480. The highest BCUT2D eigenvalue weighted by molar-refractivity contribution is 6.31. The number of hydrogen-bond donors (Lipinski definition) is 2. The van der Waals surface area contributed by atoms with Gasteiger partial charge in [0.25, 0.3) is 0 Å². The van der Waals surface area contributed by atoms with Crippen LogP contribution in [0.3, 0.4) is 0 Å². The SMILES string of the molecule is COC(=O)c1cccc(NC(=O)C2CC2C(=O)Nc2cccc(Cl)c2C)c1. The number of benzene rings is 2. The van der Waals surface area contributed by atoms with Gasteiger partial charge in [0.2, 0.25) is 11.8 Å². The molecule has 2 aromatic rings. The second kappa shape index (κ2) is 7.80. The summed E-state index contributed by atoms with van der Waals surface area (Å²) in [6, 6.07) is 11.8. The normalized spacial score (nSPS) is 17.7. The highest BCUT2D eigenvalue weighted by Crippen LogP contribution is 2.40. The number of anilines is 2. The van der Waals surface area contributed by atoms with Crippen LogP contribution in [-0.4, -0.2) is 24.9 Å². The molecule has 2 aromatic carbocycles. The Bertz CT molecular complexity index is 913. The summed E-state index contributed by atoms with van der Waals surface area (Å²) in [7, 11) is 1.29. The van der Waals surface area contributed by atoms with E-state index in [0.717, 1.165) is 5.56 Å². The van der Waals surface area contributed by atoms with E-state index in [1.54, 1.807) is 36.4 Å². The van der Waals surface area contributed by atoms with Gasteiger partial charge in [-0.25, -0.2) is 4.79 Å². The van der Waals surface area contributed by atoms with Crippen LogP contribution in [0.4, 0.5) is 11.4 Å². The molecule has 2 amide bonds. The summed E-state index contributed by atoms with van der Waals surface area (Å²) in [5.41, 5.74) is 2.26. The molecule has 7 heteroatoms. The molecular formula is C20H19ClN2O4. The van der Waals surface area contributed by atoms with Crippen molar-refractivity contribution in [3.05, 3.63) is 58.6 Å². The molecule has 0 saturated heterocycles. The van der Waals surface area contributed by atoms with E-state index in [9.17, 15) is 14.4 Å². The van der Waals surface area contributed by atoms with Gasteiger partial charge in [-0.15, -0.1) is 0 Å². The molecule has 0 radical (unpaired) electrons. The lowest BCUT2D eigenvalue weighted by molar-refractivity contribution is -0.122. The Morgan fingerprint density at radius 3 is 2.41 bits per heavy atom. The Morgan fingerprint density at radius 1 is 1.04 bits per heavy atom. The first kappa shape index (κ1) is 18.9. The van der Waals surface area contributed by atoms with E-state index in [2.05, 4.69) is 15.4 Å². The van der Waals surface area contributed by atoms with Crippen molar-refractivity contribution in [2.24, 2.45) is 11.8 Å². The molecule has 3 rings (SSSR count). The van der Waals surface area contributed by atoms with Crippen molar-refractivity contribution < 1.29 is 19.1 Å². The quantitative estimate of drug-likeness (QED) is 0.768. The molecule has 0 bridgehead atoms. The van der Waals surface area contributed by atoms with Gasteiger partial charge in [0.15, 0.2) is 0 Å². The topological polar surface area (TPSA) is 84.5 Å². The van der Waals surface area contributed by atoms with Crippen LogP contribution in [-0.2, 0) is 14.3 Å². The summed E-state index contributed by atoms with van der Waals surface area (Å²) in [5, 5.41) is 6.15. The van der Waals surface area contributed by atoms with E-state index < -0.39 is 11.9 Å². The third-order valence-corrected chi connectivity index (χ3v) is 4.95. The molecule has 140 valence electrons. The molecule has 2 N–H and O–H groups in total. The van der Waals surface area contributed by atoms with Crippen molar-refractivity contribution in [1.29, 1.82) is 0 Å². The number of carbonyl (C=O) groups is 3. The van der Waals surface area contributed by atoms with Gasteiger partial charge in [-0.1, -0.05) is 23.7 Å². The Labute approximate surface area is 161 Å². The number of methoxy groups -OCH3 is 1. The van der Waals surface area contributed by atoms with Gasteiger partial charge in [-0.05, 0) is 49.2 Å². The second-order valence-electron chi connectivity index (χ2n) is 6.41. The van der Waals surface area contributed by atoms with Gasteiger partial charge in [0.05, 0.1) is 24.5 Å². The standard InChI is InChI=1S/C20H19ClN2O4/c1-11-16(21)7-4-8-17(11)23-19(25)15-10-14(15)18(24)22-13-6-3-5-12(9-13)20(26)27-2/h3-9,14-15H,10H2,1-2H3,(H,22,24)(H,23,25). The maximum absolute atomic E-state index is 12.4. The van der Waals surface area contributed by atoms with E-state index in [4.69, 9.17) is 11.6 Å². The maximum atomic E-state index is 12.4. The van der Waals surface area contributed by atoms with Gasteiger partial charge in [-0.2, -0.15) is 0 Å². The first-order valence-corrected chi connectivity index (χ1v) is 8.83. The summed E-state index contributed by atoms with van der Waals surface area (Å²) in [4.78, 5) is 36.3. The Morgan fingerprint density at radius 2 is 1.70 bits per heavy atom. The van der Waals surface area contributed by atoms with Crippen molar-refractivity contribution in [3.8, 4) is 0 Å². The van der Waals surface area contributed by atoms with Crippen LogP contribution in [0, 0.1) is 18.8 Å². The monoisotopic (exact) mass is 386 g/mol. The highest BCUT2D eigenvalue weighted by Gasteiger charge is 2.48. The molecule has 1 aliphatic carbocycles. The predicted octanol–water partition coefficient (Wildman–Crippen LogP) is 3.65. The van der Waals surface area contributed by atoms with Crippen LogP contribution in [0.2, 0.25) is 5.02 Å². The average Bonchev–Trinajstić information content (AvgIpc) is 3.46. The zero-order valence-corrected chi connectivity index (χ0v) is 15.7. The lowest BCUT2D eigenvalue weighted by Crippen LogP contribution is -2.21. The summed E-state index contributed by atoms with van der Waals surface area (Å²) >= 11 is 6.06. The summed E-state index contributed by atoms with van der Waals surface area (Å²) in [5.74, 6) is -1.71. The van der Waals surface area contributed by atoms with E-state index in [1.807, 2.05) is 6.92 Å². The number of esters is 1. The Kier molecular flexibility index (Phi) is 5.46. The molecular weight excluding hydrogens is 368 g/mol. The lowest BCUT2D eigenvalue weighted by Gasteiger charge is -2.10. The van der Waals surface area contributed by atoms with E-state index in [-0.39, 0.29) is 17.7 Å². The fourth-order valence-electron chi connectivity index (χ4n) is 2.82. The molecule has 6 nitrogen and oxygen atoms in total. The van der Waals surface area contributed by atoms with Crippen molar-refractivity contribution >= 4 is 40.8 Å². The molecule has 1 saturated carbocycles. The Balaban J connectivity index is 1.59. The largest absolute Gasteiger partial charge is 0.465 e. The van der Waals surface area contributed by atoms with Gasteiger partial charge in [0.1, 0.15) is 0 Å². The van der Waals surface area contributed by atoms with Crippen LogP contribution in [0.25, 0.3) is 0 Å². The predicted molar refractivity (Wildman–Crippen MR) is 103 cm³/mol. The number of nitrogens with one attached hydrogen (secondary N) is 2. The molecule has 0 aromatic heterocycles. The third-order valence-electron chi connectivity index (χ3n) is 4.54. The Hall–Kier alpha value is -2.86. The summed E-state index contributed by atoms with van der Waals surface area (Å²) in [6.45, 7) is 1.82. The zero-order valence-electron chi connectivity index (χ0n) is 14.9. The van der Waals surface area contributed by atoms with Gasteiger partial charge >= 0.3 is 5.97 Å². The van der Waals surface area contributed by atoms with E-state index >= 15 is 0 Å². The van der Waals surface area contributed by atoms with Crippen molar-refractivity contribution in [2.75, 3.05) is 17.7 Å². The molecule has 0 aliphatic heterocycles. The minimum atomic E-state index is -0.480. The number of hydrogen-bond acceptors (Lipinski definition) is 4. The van der Waals surface area contributed by atoms with Gasteiger partial charge in [-0.3, -0.25) is 9.59 Å². The van der Waals surface area contributed by atoms with Gasteiger partial charge in [0, 0.05) is 16.4 Å². The minimum Gasteiger partial charge on any atom is -0.465 e. The number of ether oxygens (including phenoxy) is 1. The molecule has 0 heterocycles. The van der Waals surface area contributed by atoms with E-state index in [0.29, 0.717) is 28.4 Å². The van der Waals surface area contributed by atoms with Crippen molar-refractivity contribution in [1.82, 2.24) is 0 Å². The van der Waals surface area contributed by atoms with Crippen LogP contribution >= 0.6 is 11.6 Å². The molecule has 0 spiro atoms. The molecule has 2 unspecified atom stereocenters. The van der Waals surface area contributed by atoms with Crippen LogP contribution in [0.5, 0.6) is 0 Å². The fourth-order valence-corrected chi connectivity index (χ4v) is 2.99. The average molecular weight is 387 g/mol. The third kappa shape index (κ3) is 4.28. The van der Waals surface area contributed by atoms with Gasteiger partial charge < -0.3 is 15.4 Å². The lowest BCUT2D eigenvalue weighted by atomic mass is 10.2. The number of amides is 2. The minimum absolute atomic E-state index is 0.205. The van der Waals surface area contributed by atoms with Crippen LogP contribution in [0.15, 0.2) is 42.5 Å². The first-order chi connectivity index (χ1) is 12.9.